The third-order valence-electron chi connectivity index (χ3n) is 2.39. The number of imidazole rings is 1. The minimum absolute atomic E-state index is 0.0506. The molecule has 0 unspecified atom stereocenters. The van der Waals surface area contributed by atoms with Gasteiger partial charge in [-0.15, -0.1) is 0 Å². The summed E-state index contributed by atoms with van der Waals surface area (Å²) >= 11 is 4.82. The summed E-state index contributed by atoms with van der Waals surface area (Å²) in [6.45, 7) is 0. The fraction of sp³-hybridized carbons (Fsp3) is 0.231. The first-order chi connectivity index (χ1) is 9.56. The molecular formula is C13H15BrN4OS. The van der Waals surface area contributed by atoms with E-state index in [2.05, 4.69) is 26.3 Å². The minimum atomic E-state index is -0.0506. The van der Waals surface area contributed by atoms with E-state index in [4.69, 9.17) is 0 Å². The zero-order valence-electron chi connectivity index (χ0n) is 11.2. The lowest BCUT2D eigenvalue weighted by molar-refractivity contribution is -0.122. The molecule has 0 aliphatic carbocycles. The van der Waals surface area contributed by atoms with Gasteiger partial charge in [0.05, 0.1) is 5.75 Å². The monoisotopic (exact) mass is 354 g/mol. The third kappa shape index (κ3) is 4.09. The van der Waals surface area contributed by atoms with E-state index in [-0.39, 0.29) is 5.91 Å². The molecule has 0 atom stereocenters. The van der Waals surface area contributed by atoms with Gasteiger partial charge < -0.3 is 0 Å². The second kappa shape index (κ2) is 6.92. The van der Waals surface area contributed by atoms with Gasteiger partial charge in [0.15, 0.2) is 5.16 Å². The first-order valence-electron chi connectivity index (χ1n) is 5.95. The zero-order chi connectivity index (χ0) is 14.5. The highest BCUT2D eigenvalue weighted by atomic mass is 79.9. The number of nitrogens with one attached hydrogen (secondary N) is 1. The van der Waals surface area contributed by atoms with E-state index in [9.17, 15) is 4.79 Å². The topological polar surface area (TPSA) is 50.2 Å². The maximum absolute atomic E-state index is 11.6. The summed E-state index contributed by atoms with van der Waals surface area (Å²) < 4.78 is 2.99. The van der Waals surface area contributed by atoms with Gasteiger partial charge in [0, 0.05) is 36.6 Å². The molecular weight excluding hydrogens is 340 g/mol. The standard InChI is InChI=1S/C13H15BrN4OS/c1-17(2)16-12(19)9-20-13-15-7-8-18(13)11-5-3-10(14)4-6-11/h3-8H,9H2,1-2H3,(H,16,19). The molecule has 0 fully saturated rings. The predicted octanol–water partition coefficient (Wildman–Crippen LogP) is 2.32. The summed E-state index contributed by atoms with van der Waals surface area (Å²) in [5.41, 5.74) is 3.72. The molecule has 2 rings (SSSR count). The molecule has 0 aliphatic heterocycles. The lowest BCUT2D eigenvalue weighted by atomic mass is 10.3. The van der Waals surface area contributed by atoms with Gasteiger partial charge in [-0.2, -0.15) is 0 Å². The summed E-state index contributed by atoms with van der Waals surface area (Å²) in [6.07, 6.45) is 3.61. The molecule has 7 heteroatoms. The number of rotatable bonds is 5. The molecule has 106 valence electrons. The SMILES string of the molecule is CN(C)NC(=O)CSc1nccn1-c1ccc(Br)cc1. The van der Waals surface area contributed by atoms with Crippen LogP contribution in [-0.2, 0) is 4.79 Å². The second-order valence-electron chi connectivity index (χ2n) is 4.27. The number of benzene rings is 1. The number of amides is 1. The minimum Gasteiger partial charge on any atom is -0.295 e. The Bertz CT molecular complexity index is 582. The molecule has 1 N–H and O–H groups in total. The highest BCUT2D eigenvalue weighted by Gasteiger charge is 2.09. The largest absolute Gasteiger partial charge is 0.295 e. The van der Waals surface area contributed by atoms with Crippen molar-refractivity contribution in [3.8, 4) is 5.69 Å². The Hall–Kier alpha value is -1.31. The molecule has 0 radical (unpaired) electrons. The molecule has 1 amide bonds. The van der Waals surface area contributed by atoms with Crippen LogP contribution in [0, 0.1) is 0 Å². The summed E-state index contributed by atoms with van der Waals surface area (Å²) in [5, 5.41) is 2.42. The first kappa shape index (κ1) is 15.1. The van der Waals surface area contributed by atoms with Crippen molar-refractivity contribution in [2.75, 3.05) is 19.8 Å². The Labute approximate surface area is 130 Å². The van der Waals surface area contributed by atoms with Gasteiger partial charge in [-0.1, -0.05) is 27.7 Å². The van der Waals surface area contributed by atoms with Crippen LogP contribution in [-0.4, -0.2) is 40.3 Å². The number of thioether (sulfide) groups is 1. The van der Waals surface area contributed by atoms with Crippen molar-refractivity contribution in [2.24, 2.45) is 0 Å². The quantitative estimate of drug-likeness (QED) is 0.661. The summed E-state index contributed by atoms with van der Waals surface area (Å²) in [6, 6.07) is 7.94. The molecule has 5 nitrogen and oxygen atoms in total. The highest BCUT2D eigenvalue weighted by molar-refractivity contribution is 9.10. The average Bonchev–Trinajstić information content (AvgIpc) is 2.85. The van der Waals surface area contributed by atoms with Crippen LogP contribution in [0.4, 0.5) is 0 Å². The van der Waals surface area contributed by atoms with Crippen molar-refractivity contribution in [1.82, 2.24) is 20.0 Å². The van der Waals surface area contributed by atoms with Crippen molar-refractivity contribution >= 4 is 33.6 Å². The number of hydrogen-bond acceptors (Lipinski definition) is 4. The predicted molar refractivity (Wildman–Crippen MR) is 83.8 cm³/mol. The van der Waals surface area contributed by atoms with Gasteiger partial charge in [-0.25, -0.2) is 9.99 Å². The Morgan fingerprint density at radius 1 is 1.40 bits per heavy atom. The maximum Gasteiger partial charge on any atom is 0.244 e. The normalized spacial score (nSPS) is 10.8. The number of aromatic nitrogens is 2. The molecule has 0 bridgehead atoms. The molecule has 0 aliphatic rings. The number of hydrazine groups is 1. The Kier molecular flexibility index (Phi) is 5.22. The van der Waals surface area contributed by atoms with Crippen molar-refractivity contribution in [1.29, 1.82) is 0 Å². The number of nitrogens with zero attached hydrogens (tertiary/aromatic N) is 3. The maximum atomic E-state index is 11.6. The van der Waals surface area contributed by atoms with E-state index in [0.717, 1.165) is 15.3 Å². The molecule has 0 spiro atoms. The van der Waals surface area contributed by atoms with Gasteiger partial charge in [-0.05, 0) is 24.3 Å². The average molecular weight is 355 g/mol. The summed E-state index contributed by atoms with van der Waals surface area (Å²) in [7, 11) is 3.57. The van der Waals surface area contributed by atoms with Crippen LogP contribution in [0.5, 0.6) is 0 Å². The molecule has 2 aromatic rings. The number of halogens is 1. The number of hydrogen-bond donors (Lipinski definition) is 1. The Morgan fingerprint density at radius 2 is 2.10 bits per heavy atom. The van der Waals surface area contributed by atoms with Crippen LogP contribution in [0.3, 0.4) is 0 Å². The number of carbonyl (C=O) groups is 1. The van der Waals surface area contributed by atoms with E-state index in [1.54, 1.807) is 25.3 Å². The molecule has 1 heterocycles. The van der Waals surface area contributed by atoms with E-state index < -0.39 is 0 Å². The fourth-order valence-electron chi connectivity index (χ4n) is 1.61. The summed E-state index contributed by atoms with van der Waals surface area (Å²) in [5.74, 6) is 0.275. The van der Waals surface area contributed by atoms with E-state index in [1.807, 2.05) is 35.0 Å². The highest BCUT2D eigenvalue weighted by Crippen LogP contribution is 2.21. The molecule has 0 saturated heterocycles. The van der Waals surface area contributed by atoms with E-state index >= 15 is 0 Å². The smallest absolute Gasteiger partial charge is 0.244 e. The van der Waals surface area contributed by atoms with Gasteiger partial charge in [0.1, 0.15) is 0 Å². The lowest BCUT2D eigenvalue weighted by Crippen LogP contribution is -2.37. The van der Waals surface area contributed by atoms with Gasteiger partial charge in [0.2, 0.25) is 5.91 Å². The van der Waals surface area contributed by atoms with E-state index in [1.165, 1.54) is 11.8 Å². The first-order valence-corrected chi connectivity index (χ1v) is 7.73. The zero-order valence-corrected chi connectivity index (χ0v) is 13.6. The van der Waals surface area contributed by atoms with Crippen LogP contribution in [0.25, 0.3) is 5.69 Å². The third-order valence-corrected chi connectivity index (χ3v) is 3.89. The van der Waals surface area contributed by atoms with Crippen molar-refractivity contribution in [2.45, 2.75) is 5.16 Å². The Balaban J connectivity index is 2.05. The fourth-order valence-corrected chi connectivity index (χ4v) is 2.64. The van der Waals surface area contributed by atoms with Crippen LogP contribution < -0.4 is 5.43 Å². The van der Waals surface area contributed by atoms with Crippen LogP contribution in [0.1, 0.15) is 0 Å². The molecule has 0 saturated carbocycles. The molecule has 20 heavy (non-hydrogen) atoms. The van der Waals surface area contributed by atoms with E-state index in [0.29, 0.717) is 5.75 Å². The molecule has 1 aromatic heterocycles. The second-order valence-corrected chi connectivity index (χ2v) is 6.13. The van der Waals surface area contributed by atoms with Crippen molar-refractivity contribution in [3.05, 3.63) is 41.1 Å². The Morgan fingerprint density at radius 3 is 2.75 bits per heavy atom. The van der Waals surface area contributed by atoms with Gasteiger partial charge >= 0.3 is 0 Å². The lowest BCUT2D eigenvalue weighted by Gasteiger charge is -2.11. The number of carbonyl (C=O) groups excluding carboxylic acids is 1. The van der Waals surface area contributed by atoms with Gasteiger partial charge in [0.25, 0.3) is 0 Å². The van der Waals surface area contributed by atoms with Crippen molar-refractivity contribution in [3.63, 3.8) is 0 Å². The van der Waals surface area contributed by atoms with Gasteiger partial charge in [-0.3, -0.25) is 14.8 Å². The van der Waals surface area contributed by atoms with Crippen LogP contribution >= 0.6 is 27.7 Å². The summed E-state index contributed by atoms with van der Waals surface area (Å²) in [4.78, 5) is 15.9. The van der Waals surface area contributed by atoms with Crippen LogP contribution in [0.2, 0.25) is 0 Å². The molecule has 1 aromatic carbocycles. The van der Waals surface area contributed by atoms with Crippen LogP contribution in [0.15, 0.2) is 46.3 Å². The van der Waals surface area contributed by atoms with Crippen molar-refractivity contribution < 1.29 is 4.79 Å².